The molecule has 0 fully saturated rings. The molecule has 0 bridgehead atoms. The van der Waals surface area contributed by atoms with Gasteiger partial charge in [0.25, 0.3) is 0 Å². The van der Waals surface area contributed by atoms with Crippen LogP contribution >= 0.6 is 11.6 Å². The second kappa shape index (κ2) is 8.36. The lowest BCUT2D eigenvalue weighted by Crippen LogP contribution is -2.02. The van der Waals surface area contributed by atoms with Gasteiger partial charge in [0.2, 0.25) is 0 Å². The Kier molecular flexibility index (Phi) is 5.46. The molecule has 7 heteroatoms. The molecule has 2 aromatic heterocycles. The second-order valence-corrected chi connectivity index (χ2v) is 7.17. The van der Waals surface area contributed by atoms with Crippen molar-refractivity contribution in [1.82, 2.24) is 9.97 Å². The van der Waals surface area contributed by atoms with Gasteiger partial charge in [-0.05, 0) is 55.0 Å². The molecule has 30 heavy (non-hydrogen) atoms. The number of nitrogens with zero attached hydrogens (tertiary/aromatic N) is 3. The molecule has 2 heterocycles. The number of hydrogen-bond acceptors (Lipinski definition) is 5. The maximum absolute atomic E-state index is 13.5. The summed E-state index contributed by atoms with van der Waals surface area (Å²) in [6.07, 6.45) is 3.54. The molecule has 0 spiro atoms. The van der Waals surface area contributed by atoms with Gasteiger partial charge in [-0.25, -0.2) is 4.39 Å². The Bertz CT molecular complexity index is 1270. The average molecular weight is 418 g/mol. The molecule has 2 aromatic carbocycles. The molecule has 0 saturated carbocycles. The summed E-state index contributed by atoms with van der Waals surface area (Å²) in [5.41, 5.74) is 4.89. The van der Waals surface area contributed by atoms with Crippen LogP contribution in [0.4, 0.5) is 21.5 Å². The van der Waals surface area contributed by atoms with Gasteiger partial charge in [0.1, 0.15) is 11.9 Å². The van der Waals surface area contributed by atoms with Crippen LogP contribution in [0.25, 0.3) is 10.9 Å². The van der Waals surface area contributed by atoms with Gasteiger partial charge in [0.05, 0.1) is 27.5 Å². The number of nitriles is 1. The zero-order valence-electron chi connectivity index (χ0n) is 16.1. The third-order valence-corrected chi connectivity index (χ3v) is 4.98. The van der Waals surface area contributed by atoms with Crippen molar-refractivity contribution in [1.29, 1.82) is 5.26 Å². The lowest BCUT2D eigenvalue weighted by Gasteiger charge is -2.15. The van der Waals surface area contributed by atoms with Crippen molar-refractivity contribution in [3.63, 3.8) is 0 Å². The predicted molar refractivity (Wildman–Crippen MR) is 117 cm³/mol. The van der Waals surface area contributed by atoms with Crippen molar-refractivity contribution in [2.24, 2.45) is 0 Å². The topological polar surface area (TPSA) is 73.6 Å². The summed E-state index contributed by atoms with van der Waals surface area (Å²) in [5.74, 6) is -0.500. The highest BCUT2D eigenvalue weighted by Gasteiger charge is 2.14. The Balaban J connectivity index is 1.75. The number of fused-ring (bicyclic) bond motifs is 1. The molecule has 0 atom stereocenters. The fourth-order valence-corrected chi connectivity index (χ4v) is 3.37. The molecule has 148 valence electrons. The van der Waals surface area contributed by atoms with E-state index < -0.39 is 5.82 Å². The molecular formula is C23H17ClFN5. The normalized spacial score (nSPS) is 10.6. The Morgan fingerprint density at radius 1 is 1.13 bits per heavy atom. The number of benzene rings is 2. The fraction of sp³-hybridized carbons (Fsp3) is 0.0870. The van der Waals surface area contributed by atoms with Crippen LogP contribution in [0.2, 0.25) is 5.02 Å². The van der Waals surface area contributed by atoms with Crippen LogP contribution in [0.1, 0.15) is 16.8 Å². The molecule has 4 rings (SSSR count). The maximum atomic E-state index is 13.5. The monoisotopic (exact) mass is 417 g/mol. The molecule has 0 radical (unpaired) electrons. The largest absolute Gasteiger partial charge is 0.381 e. The zero-order valence-corrected chi connectivity index (χ0v) is 16.8. The Morgan fingerprint density at radius 2 is 1.97 bits per heavy atom. The van der Waals surface area contributed by atoms with E-state index >= 15 is 0 Å². The summed E-state index contributed by atoms with van der Waals surface area (Å²) in [5, 5.41) is 17.1. The number of pyridine rings is 2. The lowest BCUT2D eigenvalue weighted by molar-refractivity contribution is 0.628. The molecule has 2 N–H and O–H groups in total. The predicted octanol–water partition coefficient (Wildman–Crippen LogP) is 5.96. The van der Waals surface area contributed by atoms with Crippen LogP contribution in [0.3, 0.4) is 0 Å². The Labute approximate surface area is 178 Å². The highest BCUT2D eigenvalue weighted by Crippen LogP contribution is 2.33. The van der Waals surface area contributed by atoms with Crippen LogP contribution in [0, 0.1) is 24.1 Å². The quantitative estimate of drug-likeness (QED) is 0.419. The molecule has 0 unspecified atom stereocenters. The minimum Gasteiger partial charge on any atom is -0.381 e. The zero-order chi connectivity index (χ0) is 21.1. The van der Waals surface area contributed by atoms with Crippen LogP contribution in [-0.2, 0) is 6.54 Å². The first kappa shape index (κ1) is 19.6. The number of halogens is 2. The van der Waals surface area contributed by atoms with Gasteiger partial charge in [-0.15, -0.1) is 0 Å². The van der Waals surface area contributed by atoms with Crippen LogP contribution in [-0.4, -0.2) is 9.97 Å². The van der Waals surface area contributed by atoms with E-state index in [4.69, 9.17) is 11.6 Å². The summed E-state index contributed by atoms with van der Waals surface area (Å²) in [4.78, 5) is 8.67. The van der Waals surface area contributed by atoms with Crippen LogP contribution in [0.15, 0.2) is 60.9 Å². The minimum atomic E-state index is -0.500. The Morgan fingerprint density at radius 3 is 2.70 bits per heavy atom. The maximum Gasteiger partial charge on any atom is 0.141 e. The number of rotatable bonds is 5. The van der Waals surface area contributed by atoms with Crippen molar-refractivity contribution in [2.45, 2.75) is 13.5 Å². The van der Waals surface area contributed by atoms with Crippen molar-refractivity contribution in [2.75, 3.05) is 10.6 Å². The number of aromatic nitrogens is 2. The van der Waals surface area contributed by atoms with Crippen molar-refractivity contribution < 1.29 is 4.39 Å². The number of aryl methyl sites for hydroxylation is 1. The van der Waals surface area contributed by atoms with Gasteiger partial charge in [0, 0.05) is 35.7 Å². The number of hydrogen-bond donors (Lipinski definition) is 2. The highest BCUT2D eigenvalue weighted by atomic mass is 35.5. The second-order valence-electron chi connectivity index (χ2n) is 6.76. The summed E-state index contributed by atoms with van der Waals surface area (Å²) >= 11 is 5.92. The third-order valence-electron chi connectivity index (χ3n) is 4.69. The van der Waals surface area contributed by atoms with Crippen molar-refractivity contribution in [3.8, 4) is 6.07 Å². The molecule has 0 aliphatic heterocycles. The molecule has 0 amide bonds. The smallest absolute Gasteiger partial charge is 0.141 e. The summed E-state index contributed by atoms with van der Waals surface area (Å²) in [6, 6.07) is 16.2. The van der Waals surface area contributed by atoms with Gasteiger partial charge >= 0.3 is 0 Å². The van der Waals surface area contributed by atoms with Gasteiger partial charge in [-0.3, -0.25) is 9.97 Å². The SMILES string of the molecule is Cc1nc2ccc(NCc3cccnc3)cc2c(Nc2ccc(F)c(Cl)c2)c1C#N. The van der Waals surface area contributed by atoms with E-state index in [1.54, 1.807) is 25.4 Å². The molecule has 0 saturated heterocycles. The van der Waals surface area contributed by atoms with Crippen molar-refractivity contribution >= 4 is 39.6 Å². The Hall–Kier alpha value is -3.69. The molecule has 0 aliphatic rings. The van der Waals surface area contributed by atoms with E-state index in [9.17, 15) is 9.65 Å². The number of nitrogens with one attached hydrogen (secondary N) is 2. The lowest BCUT2D eigenvalue weighted by atomic mass is 10.1. The van der Waals surface area contributed by atoms with E-state index in [-0.39, 0.29) is 5.02 Å². The van der Waals surface area contributed by atoms with E-state index in [2.05, 4.69) is 26.7 Å². The van der Waals surface area contributed by atoms with E-state index in [1.165, 1.54) is 12.1 Å². The first-order valence-corrected chi connectivity index (χ1v) is 9.62. The van der Waals surface area contributed by atoms with E-state index in [1.807, 2.05) is 30.3 Å². The molecule has 0 aliphatic carbocycles. The van der Waals surface area contributed by atoms with Gasteiger partial charge in [-0.1, -0.05) is 17.7 Å². The highest BCUT2D eigenvalue weighted by molar-refractivity contribution is 6.31. The van der Waals surface area contributed by atoms with Gasteiger partial charge in [0.15, 0.2) is 0 Å². The summed E-state index contributed by atoms with van der Waals surface area (Å²) in [6.45, 7) is 2.40. The fourth-order valence-electron chi connectivity index (χ4n) is 3.19. The van der Waals surface area contributed by atoms with Gasteiger partial charge < -0.3 is 10.6 Å². The van der Waals surface area contributed by atoms with Crippen LogP contribution < -0.4 is 10.6 Å². The van der Waals surface area contributed by atoms with E-state index in [0.29, 0.717) is 29.2 Å². The molecule has 4 aromatic rings. The summed E-state index contributed by atoms with van der Waals surface area (Å²) < 4.78 is 13.5. The number of anilines is 3. The minimum absolute atomic E-state index is 0.00687. The summed E-state index contributed by atoms with van der Waals surface area (Å²) in [7, 11) is 0. The molecule has 5 nitrogen and oxygen atoms in total. The standard InChI is InChI=1S/C23H17ClFN5/c1-14-19(11-26)23(30-17-4-6-21(25)20(24)10-17)18-9-16(5-7-22(18)29-14)28-13-15-3-2-8-27-12-15/h2-10,12,28H,13H2,1H3,(H,29,30). The van der Waals surface area contributed by atoms with E-state index in [0.717, 1.165) is 22.2 Å². The van der Waals surface area contributed by atoms with Crippen LogP contribution in [0.5, 0.6) is 0 Å². The van der Waals surface area contributed by atoms with Gasteiger partial charge in [-0.2, -0.15) is 5.26 Å². The first-order valence-electron chi connectivity index (χ1n) is 9.24. The average Bonchev–Trinajstić information content (AvgIpc) is 2.76. The molecular weight excluding hydrogens is 401 g/mol. The van der Waals surface area contributed by atoms with Crippen molar-refractivity contribution in [3.05, 3.63) is 88.6 Å². The first-order chi connectivity index (χ1) is 14.5. The third kappa shape index (κ3) is 4.02.